The first-order chi connectivity index (χ1) is 13.2. The molecule has 1 aromatic carbocycles. The second kappa shape index (κ2) is 7.61. The van der Waals surface area contributed by atoms with E-state index in [2.05, 4.69) is 10.4 Å². The fraction of sp³-hybridized carbons (Fsp3) is 0.333. The summed E-state index contributed by atoms with van der Waals surface area (Å²) < 4.78 is 7.38. The van der Waals surface area contributed by atoms with Crippen molar-refractivity contribution in [3.8, 4) is 0 Å². The average Bonchev–Trinajstić information content (AvgIpc) is 3.45. The molecule has 0 radical (unpaired) electrons. The van der Waals surface area contributed by atoms with Gasteiger partial charge in [0.2, 0.25) is 5.91 Å². The van der Waals surface area contributed by atoms with Gasteiger partial charge in [-0.15, -0.1) is 0 Å². The Morgan fingerprint density at radius 3 is 2.63 bits per heavy atom. The summed E-state index contributed by atoms with van der Waals surface area (Å²) in [7, 11) is 0. The predicted octanol–water partition coefficient (Wildman–Crippen LogP) is 4.35. The normalized spacial score (nSPS) is 16.9. The van der Waals surface area contributed by atoms with E-state index in [1.807, 2.05) is 53.3 Å². The molecular formula is C21H22ClN3O2. The van der Waals surface area contributed by atoms with Crippen LogP contribution in [0.25, 0.3) is 0 Å². The number of nitrogens with zero attached hydrogens (tertiary/aromatic N) is 2. The van der Waals surface area contributed by atoms with Crippen LogP contribution in [0.3, 0.4) is 0 Å². The Balaban J connectivity index is 1.55. The molecule has 0 spiro atoms. The summed E-state index contributed by atoms with van der Waals surface area (Å²) in [5, 5.41) is 8.17. The first kappa shape index (κ1) is 17.9. The number of aromatic nitrogens is 2. The number of rotatable bonds is 6. The number of furan rings is 1. The van der Waals surface area contributed by atoms with Crippen LogP contribution in [0, 0.1) is 0 Å². The highest BCUT2D eigenvalue weighted by Gasteiger charge is 2.42. The van der Waals surface area contributed by atoms with Crippen molar-refractivity contribution < 1.29 is 9.21 Å². The van der Waals surface area contributed by atoms with Gasteiger partial charge in [0.15, 0.2) is 0 Å². The van der Waals surface area contributed by atoms with Crippen LogP contribution in [0.5, 0.6) is 0 Å². The minimum absolute atomic E-state index is 0.0611. The second-order valence-corrected chi connectivity index (χ2v) is 7.46. The Labute approximate surface area is 163 Å². The smallest absolute Gasteiger partial charge is 0.230 e. The fourth-order valence-corrected chi connectivity index (χ4v) is 4.15. The Hall–Kier alpha value is -2.53. The lowest BCUT2D eigenvalue weighted by atomic mass is 9.78. The largest absolute Gasteiger partial charge is 0.467 e. The monoisotopic (exact) mass is 383 g/mol. The molecule has 1 fully saturated rings. The molecule has 140 valence electrons. The van der Waals surface area contributed by atoms with E-state index in [9.17, 15) is 4.79 Å². The van der Waals surface area contributed by atoms with E-state index in [0.29, 0.717) is 11.6 Å². The summed E-state index contributed by atoms with van der Waals surface area (Å²) in [5.74, 6) is 0.831. The highest BCUT2D eigenvalue weighted by molar-refractivity contribution is 6.30. The third-order valence-corrected chi connectivity index (χ3v) is 5.71. The summed E-state index contributed by atoms with van der Waals surface area (Å²) in [6, 6.07) is 13.1. The van der Waals surface area contributed by atoms with Gasteiger partial charge in [0.25, 0.3) is 0 Å². The highest BCUT2D eigenvalue weighted by atomic mass is 35.5. The summed E-state index contributed by atoms with van der Waals surface area (Å²) in [5.41, 5.74) is 0.554. The van der Waals surface area contributed by atoms with Gasteiger partial charge in [0.1, 0.15) is 11.8 Å². The van der Waals surface area contributed by atoms with Crippen molar-refractivity contribution in [2.24, 2.45) is 0 Å². The van der Waals surface area contributed by atoms with Crippen LogP contribution in [-0.2, 0) is 10.2 Å². The van der Waals surface area contributed by atoms with Crippen LogP contribution >= 0.6 is 11.6 Å². The van der Waals surface area contributed by atoms with E-state index in [4.69, 9.17) is 16.0 Å². The molecule has 1 amide bonds. The molecule has 1 aliphatic carbocycles. The van der Waals surface area contributed by atoms with Crippen LogP contribution < -0.4 is 5.32 Å². The van der Waals surface area contributed by atoms with E-state index < -0.39 is 5.41 Å². The number of nitrogens with one attached hydrogen (secondary N) is 1. The molecule has 3 aromatic rings. The molecule has 5 nitrogen and oxygen atoms in total. The number of halogens is 1. The molecule has 1 N–H and O–H groups in total. The summed E-state index contributed by atoms with van der Waals surface area (Å²) >= 11 is 6.04. The second-order valence-electron chi connectivity index (χ2n) is 7.02. The lowest BCUT2D eigenvalue weighted by molar-refractivity contribution is -0.126. The number of carbonyl (C=O) groups excluding carboxylic acids is 1. The SMILES string of the molecule is O=C(NCC(c1ccco1)n1cccn1)C1(c2ccc(Cl)cc2)CCCC1. The fourth-order valence-electron chi connectivity index (χ4n) is 4.02. The Kier molecular flexibility index (Phi) is 5.03. The molecule has 0 aliphatic heterocycles. The van der Waals surface area contributed by atoms with Gasteiger partial charge in [-0.25, -0.2) is 0 Å². The maximum atomic E-state index is 13.3. The van der Waals surface area contributed by atoms with Crippen LogP contribution in [-0.4, -0.2) is 22.2 Å². The average molecular weight is 384 g/mol. The first-order valence-corrected chi connectivity index (χ1v) is 9.64. The van der Waals surface area contributed by atoms with Crippen molar-refractivity contribution in [1.29, 1.82) is 0 Å². The van der Waals surface area contributed by atoms with Gasteiger partial charge in [-0.2, -0.15) is 5.10 Å². The molecule has 2 heterocycles. The maximum Gasteiger partial charge on any atom is 0.230 e. The van der Waals surface area contributed by atoms with Gasteiger partial charge < -0.3 is 9.73 Å². The Morgan fingerprint density at radius 1 is 1.22 bits per heavy atom. The minimum Gasteiger partial charge on any atom is -0.467 e. The lowest BCUT2D eigenvalue weighted by Crippen LogP contribution is -2.44. The van der Waals surface area contributed by atoms with E-state index in [0.717, 1.165) is 37.0 Å². The zero-order chi connectivity index (χ0) is 18.7. The molecule has 6 heteroatoms. The van der Waals surface area contributed by atoms with E-state index >= 15 is 0 Å². The summed E-state index contributed by atoms with van der Waals surface area (Å²) in [4.78, 5) is 13.3. The van der Waals surface area contributed by atoms with Gasteiger partial charge in [-0.1, -0.05) is 36.6 Å². The van der Waals surface area contributed by atoms with E-state index in [-0.39, 0.29) is 11.9 Å². The third kappa shape index (κ3) is 3.52. The molecule has 1 aliphatic rings. The Morgan fingerprint density at radius 2 is 2.00 bits per heavy atom. The predicted molar refractivity (Wildman–Crippen MR) is 104 cm³/mol. The van der Waals surface area contributed by atoms with Crippen molar-refractivity contribution in [1.82, 2.24) is 15.1 Å². The van der Waals surface area contributed by atoms with Gasteiger partial charge in [0.05, 0.1) is 11.7 Å². The number of hydrogen-bond acceptors (Lipinski definition) is 3. The number of carbonyl (C=O) groups is 1. The minimum atomic E-state index is -0.484. The molecule has 4 rings (SSSR count). The number of benzene rings is 1. The van der Waals surface area contributed by atoms with Gasteiger partial charge in [-0.05, 0) is 48.7 Å². The first-order valence-electron chi connectivity index (χ1n) is 9.26. The number of hydrogen-bond donors (Lipinski definition) is 1. The third-order valence-electron chi connectivity index (χ3n) is 5.46. The highest BCUT2D eigenvalue weighted by Crippen LogP contribution is 2.41. The van der Waals surface area contributed by atoms with Crippen molar-refractivity contribution >= 4 is 17.5 Å². The molecule has 2 aromatic heterocycles. The van der Waals surface area contributed by atoms with Gasteiger partial charge >= 0.3 is 0 Å². The van der Waals surface area contributed by atoms with Crippen LogP contribution in [0.4, 0.5) is 0 Å². The van der Waals surface area contributed by atoms with Crippen LogP contribution in [0.15, 0.2) is 65.5 Å². The lowest BCUT2D eigenvalue weighted by Gasteiger charge is -2.29. The van der Waals surface area contributed by atoms with Gasteiger partial charge in [0, 0.05) is 24.0 Å². The summed E-state index contributed by atoms with van der Waals surface area (Å²) in [6.07, 6.45) is 9.06. The number of amides is 1. The maximum absolute atomic E-state index is 13.3. The van der Waals surface area contributed by atoms with Crippen LogP contribution in [0.1, 0.15) is 43.0 Å². The molecule has 0 saturated heterocycles. The molecular weight excluding hydrogens is 362 g/mol. The van der Waals surface area contributed by atoms with Crippen molar-refractivity contribution in [2.75, 3.05) is 6.54 Å². The molecule has 27 heavy (non-hydrogen) atoms. The van der Waals surface area contributed by atoms with Crippen molar-refractivity contribution in [2.45, 2.75) is 37.1 Å². The molecule has 1 atom stereocenters. The van der Waals surface area contributed by atoms with Gasteiger partial charge in [-0.3, -0.25) is 9.48 Å². The molecule has 0 bridgehead atoms. The topological polar surface area (TPSA) is 60.1 Å². The zero-order valence-electron chi connectivity index (χ0n) is 15.0. The summed E-state index contributed by atoms with van der Waals surface area (Å²) in [6.45, 7) is 0.420. The quantitative estimate of drug-likeness (QED) is 0.688. The Bertz CT molecular complexity index is 833. The van der Waals surface area contributed by atoms with Crippen molar-refractivity contribution in [3.05, 3.63) is 77.5 Å². The van der Waals surface area contributed by atoms with Crippen LogP contribution in [0.2, 0.25) is 5.02 Å². The van der Waals surface area contributed by atoms with E-state index in [1.165, 1.54) is 0 Å². The molecule has 1 unspecified atom stereocenters. The molecule has 1 saturated carbocycles. The zero-order valence-corrected chi connectivity index (χ0v) is 15.7. The standard InChI is InChI=1S/C21H22ClN3O2/c22-17-8-6-16(7-9-17)21(10-1-2-11-21)20(26)23-15-18(19-5-3-14-27-19)25-13-4-12-24-25/h3-9,12-14,18H,1-2,10-11,15H2,(H,23,26). The van der Waals surface area contributed by atoms with Crippen molar-refractivity contribution in [3.63, 3.8) is 0 Å². The van der Waals surface area contributed by atoms with E-state index in [1.54, 1.807) is 12.5 Å².